The first-order valence-corrected chi connectivity index (χ1v) is 6.92. The van der Waals surface area contributed by atoms with Crippen LogP contribution >= 0.6 is 15.9 Å². The molecule has 1 saturated heterocycles. The van der Waals surface area contributed by atoms with E-state index in [9.17, 15) is 0 Å². The molecule has 1 atom stereocenters. The van der Waals surface area contributed by atoms with E-state index < -0.39 is 0 Å². The van der Waals surface area contributed by atoms with Gasteiger partial charge in [0.1, 0.15) is 16.6 Å². The van der Waals surface area contributed by atoms with Crippen LogP contribution in [0.2, 0.25) is 0 Å². The van der Waals surface area contributed by atoms with Crippen molar-refractivity contribution in [1.82, 2.24) is 9.97 Å². The maximum absolute atomic E-state index is 9.15. The summed E-state index contributed by atoms with van der Waals surface area (Å²) in [7, 11) is 0. The summed E-state index contributed by atoms with van der Waals surface area (Å²) in [6.45, 7) is 1.15. The molecule has 1 unspecified atom stereocenters. The number of nitrogens with two attached hydrogens (primary N) is 1. The fourth-order valence-corrected chi connectivity index (χ4v) is 2.94. The zero-order valence-corrected chi connectivity index (χ0v) is 11.7. The largest absolute Gasteiger partial charge is 0.396 e. The van der Waals surface area contributed by atoms with Crippen molar-refractivity contribution in [2.75, 3.05) is 23.5 Å². The number of anilines is 2. The number of hydrogen-bond acceptors (Lipinski definition) is 6. The van der Waals surface area contributed by atoms with Crippen LogP contribution in [-0.4, -0.2) is 34.3 Å². The number of hydrogen-bond donors (Lipinski definition) is 3. The number of aliphatic hydroxyl groups excluding tert-OH is 1. The Morgan fingerprint density at radius 2 is 2.33 bits per heavy atom. The number of aliphatic hydroxyl groups is 1. The third-order valence-corrected chi connectivity index (χ3v) is 4.00. The smallest absolute Gasteiger partial charge is 0.159 e. The van der Waals surface area contributed by atoms with Crippen molar-refractivity contribution >= 4 is 27.6 Å². The molecule has 100 valence electrons. The van der Waals surface area contributed by atoms with Gasteiger partial charge in [0.15, 0.2) is 5.82 Å². The second-order valence-corrected chi connectivity index (χ2v) is 5.15. The van der Waals surface area contributed by atoms with Crippen LogP contribution in [0.1, 0.15) is 25.7 Å². The molecular formula is C11H18BrN5O. The second-order valence-electron chi connectivity index (χ2n) is 4.36. The van der Waals surface area contributed by atoms with Gasteiger partial charge in [-0.3, -0.25) is 0 Å². The van der Waals surface area contributed by atoms with Gasteiger partial charge in [0.2, 0.25) is 0 Å². The number of halogens is 1. The molecule has 1 aliphatic rings. The SMILES string of the molecule is NNc1ncnc(N2CCCCC2CCO)c1Br. The average molecular weight is 316 g/mol. The third kappa shape index (κ3) is 2.73. The highest BCUT2D eigenvalue weighted by Gasteiger charge is 2.25. The van der Waals surface area contributed by atoms with Crippen molar-refractivity contribution in [3.63, 3.8) is 0 Å². The van der Waals surface area contributed by atoms with Crippen LogP contribution in [0.4, 0.5) is 11.6 Å². The first-order valence-electron chi connectivity index (χ1n) is 6.12. The van der Waals surface area contributed by atoms with Crippen LogP contribution in [0, 0.1) is 0 Å². The molecule has 1 aliphatic heterocycles. The molecule has 4 N–H and O–H groups in total. The van der Waals surface area contributed by atoms with Crippen LogP contribution in [-0.2, 0) is 0 Å². The maximum atomic E-state index is 9.15. The number of nitrogens with one attached hydrogen (secondary N) is 1. The molecule has 0 saturated carbocycles. The normalized spacial score (nSPS) is 19.9. The molecule has 2 rings (SSSR count). The van der Waals surface area contributed by atoms with Gasteiger partial charge in [-0.1, -0.05) is 0 Å². The Hall–Kier alpha value is -0.920. The van der Waals surface area contributed by atoms with E-state index in [4.69, 9.17) is 10.9 Å². The summed E-state index contributed by atoms with van der Waals surface area (Å²) in [6.07, 6.45) is 5.69. The van der Waals surface area contributed by atoms with E-state index in [0.29, 0.717) is 11.9 Å². The van der Waals surface area contributed by atoms with Crippen LogP contribution in [0.3, 0.4) is 0 Å². The molecule has 0 amide bonds. The maximum Gasteiger partial charge on any atom is 0.159 e. The first kappa shape index (κ1) is 13.5. The molecule has 0 radical (unpaired) electrons. The zero-order valence-electron chi connectivity index (χ0n) is 10.1. The van der Waals surface area contributed by atoms with Gasteiger partial charge >= 0.3 is 0 Å². The summed E-state index contributed by atoms with van der Waals surface area (Å²) in [5.41, 5.74) is 2.55. The lowest BCUT2D eigenvalue weighted by atomic mass is 10.00. The zero-order chi connectivity index (χ0) is 13.0. The predicted molar refractivity (Wildman–Crippen MR) is 74.2 cm³/mol. The Balaban J connectivity index is 2.27. The fraction of sp³-hybridized carbons (Fsp3) is 0.636. The van der Waals surface area contributed by atoms with E-state index in [1.807, 2.05) is 0 Å². The van der Waals surface area contributed by atoms with Crippen molar-refractivity contribution in [1.29, 1.82) is 0 Å². The average Bonchev–Trinajstić information content (AvgIpc) is 2.40. The number of piperidine rings is 1. The van der Waals surface area contributed by atoms with E-state index in [2.05, 4.69) is 36.2 Å². The lowest BCUT2D eigenvalue weighted by Crippen LogP contribution is -2.41. The minimum absolute atomic E-state index is 0.200. The molecule has 1 aromatic rings. The highest BCUT2D eigenvalue weighted by Crippen LogP contribution is 2.33. The molecule has 0 spiro atoms. The van der Waals surface area contributed by atoms with E-state index in [-0.39, 0.29) is 6.61 Å². The second kappa shape index (κ2) is 6.31. The highest BCUT2D eigenvalue weighted by atomic mass is 79.9. The van der Waals surface area contributed by atoms with Gasteiger partial charge < -0.3 is 15.4 Å². The number of rotatable bonds is 4. The molecule has 18 heavy (non-hydrogen) atoms. The molecule has 0 aliphatic carbocycles. The highest BCUT2D eigenvalue weighted by molar-refractivity contribution is 9.10. The predicted octanol–water partition coefficient (Wildman–Crippen LogP) is 1.27. The standard InChI is InChI=1S/C11H18BrN5O/c12-9-10(16-13)14-7-15-11(9)17-5-2-1-3-8(17)4-6-18/h7-8,18H,1-6,13H2,(H,14,15,16). The summed E-state index contributed by atoms with van der Waals surface area (Å²) in [4.78, 5) is 10.6. The van der Waals surface area contributed by atoms with Gasteiger partial charge in [-0.25, -0.2) is 15.8 Å². The lowest BCUT2D eigenvalue weighted by molar-refractivity contribution is 0.262. The van der Waals surface area contributed by atoms with Crippen molar-refractivity contribution in [2.24, 2.45) is 5.84 Å². The Bertz CT molecular complexity index is 401. The van der Waals surface area contributed by atoms with Crippen LogP contribution in [0.25, 0.3) is 0 Å². The summed E-state index contributed by atoms with van der Waals surface area (Å²) < 4.78 is 0.775. The Labute approximate surface area is 115 Å². The molecule has 7 heteroatoms. The topological polar surface area (TPSA) is 87.3 Å². The van der Waals surface area contributed by atoms with Crippen molar-refractivity contribution in [2.45, 2.75) is 31.7 Å². The van der Waals surface area contributed by atoms with Gasteiger partial charge in [0, 0.05) is 19.2 Å². The van der Waals surface area contributed by atoms with Crippen LogP contribution < -0.4 is 16.2 Å². The minimum Gasteiger partial charge on any atom is -0.396 e. The summed E-state index contributed by atoms with van der Waals surface area (Å²) in [5.74, 6) is 6.83. The number of hydrazine groups is 1. The van der Waals surface area contributed by atoms with E-state index in [1.54, 1.807) is 0 Å². The molecule has 2 heterocycles. The molecular weight excluding hydrogens is 298 g/mol. The van der Waals surface area contributed by atoms with Crippen molar-refractivity contribution < 1.29 is 5.11 Å². The van der Waals surface area contributed by atoms with Gasteiger partial charge in [-0.2, -0.15) is 0 Å². The fourth-order valence-electron chi connectivity index (χ4n) is 2.39. The van der Waals surface area contributed by atoms with Gasteiger partial charge in [-0.15, -0.1) is 0 Å². The van der Waals surface area contributed by atoms with E-state index in [1.165, 1.54) is 12.7 Å². The lowest BCUT2D eigenvalue weighted by Gasteiger charge is -2.37. The summed E-state index contributed by atoms with van der Waals surface area (Å²) in [5, 5.41) is 9.15. The van der Waals surface area contributed by atoms with Crippen LogP contribution in [0.5, 0.6) is 0 Å². The quantitative estimate of drug-likeness (QED) is 0.573. The number of nitrogens with zero attached hydrogens (tertiary/aromatic N) is 3. The molecule has 0 aromatic carbocycles. The summed E-state index contributed by atoms with van der Waals surface area (Å²) in [6, 6.07) is 0.334. The Morgan fingerprint density at radius 1 is 1.50 bits per heavy atom. The van der Waals surface area contributed by atoms with Gasteiger partial charge in [0.05, 0.1) is 0 Å². The van der Waals surface area contributed by atoms with Gasteiger partial charge in [-0.05, 0) is 41.6 Å². The molecule has 1 aromatic heterocycles. The molecule has 1 fully saturated rings. The molecule has 0 bridgehead atoms. The number of nitrogen functional groups attached to an aromatic ring is 1. The Morgan fingerprint density at radius 3 is 3.06 bits per heavy atom. The third-order valence-electron chi connectivity index (χ3n) is 3.27. The van der Waals surface area contributed by atoms with E-state index >= 15 is 0 Å². The van der Waals surface area contributed by atoms with Crippen LogP contribution in [0.15, 0.2) is 10.8 Å². The van der Waals surface area contributed by atoms with Crippen molar-refractivity contribution in [3.05, 3.63) is 10.8 Å². The summed E-state index contributed by atoms with van der Waals surface area (Å²) >= 11 is 3.48. The number of aromatic nitrogens is 2. The minimum atomic E-state index is 0.200. The van der Waals surface area contributed by atoms with Crippen molar-refractivity contribution in [3.8, 4) is 0 Å². The molecule has 6 nitrogen and oxygen atoms in total. The Kier molecular flexibility index (Phi) is 4.73. The van der Waals surface area contributed by atoms with E-state index in [0.717, 1.165) is 36.1 Å². The first-order chi connectivity index (χ1) is 8.77. The van der Waals surface area contributed by atoms with Gasteiger partial charge in [0.25, 0.3) is 0 Å². The monoisotopic (exact) mass is 315 g/mol.